The maximum Gasteiger partial charge on any atom is 0.497 e. The second-order valence-electron chi connectivity index (χ2n) is 6.71. The lowest BCUT2D eigenvalue weighted by Crippen LogP contribution is -2.41. The first-order valence-electron chi connectivity index (χ1n) is 7.51. The van der Waals surface area contributed by atoms with Crippen molar-refractivity contribution >= 4 is 23.5 Å². The molecule has 3 rings (SSSR count). The van der Waals surface area contributed by atoms with Gasteiger partial charge in [-0.1, -0.05) is 0 Å². The number of benzene rings is 1. The Hall–Kier alpha value is -2.10. The summed E-state index contributed by atoms with van der Waals surface area (Å²) in [6.07, 6.45) is 1.66. The van der Waals surface area contributed by atoms with Crippen molar-refractivity contribution in [3.05, 3.63) is 30.0 Å². The molecule has 2 aromatic rings. The van der Waals surface area contributed by atoms with Crippen LogP contribution < -0.4 is 10.2 Å². The fraction of sp³-hybridized carbons (Fsp3) is 0.412. The number of hydrogen-bond acceptors (Lipinski definition) is 5. The molecule has 5 nitrogen and oxygen atoms in total. The lowest BCUT2D eigenvalue weighted by Gasteiger charge is -2.32. The summed E-state index contributed by atoms with van der Waals surface area (Å²) in [4.78, 5) is 4.47. The summed E-state index contributed by atoms with van der Waals surface area (Å²) in [6.45, 7) is 8.00. The van der Waals surface area contributed by atoms with E-state index in [1.165, 1.54) is 0 Å². The Balaban J connectivity index is 2.16. The first-order valence-corrected chi connectivity index (χ1v) is 7.51. The molecule has 0 radical (unpaired) electrons. The third kappa shape index (κ3) is 2.56. The standard InChI is InChI=1S/C17H19BN2O3/c1-16(2)17(3,4)23-18(22-16)14-7-11(9-19)6-12-8-13(21-5)10-20-15(12)14/h6-8,10H,1-5H3. The molecule has 0 N–H and O–H groups in total. The lowest BCUT2D eigenvalue weighted by molar-refractivity contribution is 0.00578. The van der Waals surface area contributed by atoms with Gasteiger partial charge in [-0.2, -0.15) is 5.26 Å². The van der Waals surface area contributed by atoms with Crippen LogP contribution in [0.1, 0.15) is 33.3 Å². The highest BCUT2D eigenvalue weighted by Gasteiger charge is 2.52. The van der Waals surface area contributed by atoms with Gasteiger partial charge in [0.15, 0.2) is 0 Å². The molecule has 2 heterocycles. The van der Waals surface area contributed by atoms with Crippen molar-refractivity contribution in [1.29, 1.82) is 5.26 Å². The first-order chi connectivity index (χ1) is 10.8. The van der Waals surface area contributed by atoms with Gasteiger partial charge in [-0.05, 0) is 45.9 Å². The fourth-order valence-electron chi connectivity index (χ4n) is 2.58. The van der Waals surface area contributed by atoms with E-state index in [0.717, 1.165) is 16.4 Å². The van der Waals surface area contributed by atoms with Crippen molar-refractivity contribution in [2.45, 2.75) is 38.9 Å². The average molecular weight is 310 g/mol. The van der Waals surface area contributed by atoms with Gasteiger partial charge in [-0.3, -0.25) is 4.98 Å². The Morgan fingerprint density at radius 3 is 2.35 bits per heavy atom. The van der Waals surface area contributed by atoms with Crippen LogP contribution in [-0.2, 0) is 9.31 Å². The molecule has 0 aliphatic carbocycles. The Bertz CT molecular complexity index is 795. The fourth-order valence-corrected chi connectivity index (χ4v) is 2.58. The Labute approximate surface area is 136 Å². The molecule has 118 valence electrons. The van der Waals surface area contributed by atoms with Crippen molar-refractivity contribution < 1.29 is 14.0 Å². The van der Waals surface area contributed by atoms with Gasteiger partial charge in [0, 0.05) is 10.8 Å². The molecule has 1 saturated heterocycles. The quantitative estimate of drug-likeness (QED) is 0.797. The van der Waals surface area contributed by atoms with Crippen molar-refractivity contribution in [2.75, 3.05) is 7.11 Å². The smallest absolute Gasteiger partial charge is 0.495 e. The minimum absolute atomic E-state index is 0.445. The van der Waals surface area contributed by atoms with E-state index >= 15 is 0 Å². The minimum Gasteiger partial charge on any atom is -0.495 e. The van der Waals surface area contributed by atoms with Crippen molar-refractivity contribution in [2.24, 2.45) is 0 Å². The van der Waals surface area contributed by atoms with Gasteiger partial charge in [0.25, 0.3) is 0 Å². The van der Waals surface area contributed by atoms with E-state index in [9.17, 15) is 5.26 Å². The molecular weight excluding hydrogens is 291 g/mol. The van der Waals surface area contributed by atoms with E-state index in [1.54, 1.807) is 25.4 Å². The number of fused-ring (bicyclic) bond motifs is 1. The van der Waals surface area contributed by atoms with Crippen LogP contribution in [0.5, 0.6) is 5.75 Å². The van der Waals surface area contributed by atoms with Gasteiger partial charge in [0.1, 0.15) is 5.75 Å². The van der Waals surface area contributed by atoms with E-state index in [4.69, 9.17) is 14.0 Å². The number of ether oxygens (including phenoxy) is 1. The number of methoxy groups -OCH3 is 1. The van der Waals surface area contributed by atoms with E-state index in [1.807, 2.05) is 33.8 Å². The summed E-state index contributed by atoms with van der Waals surface area (Å²) in [7, 11) is 1.03. The number of nitriles is 1. The molecule has 1 aliphatic rings. The van der Waals surface area contributed by atoms with Crippen LogP contribution in [-0.4, -0.2) is 30.4 Å². The SMILES string of the molecule is COc1cnc2c(B3OC(C)(C)C(C)(C)O3)cc(C#N)cc2c1. The molecule has 0 atom stereocenters. The molecule has 0 saturated carbocycles. The summed E-state index contributed by atoms with van der Waals surface area (Å²) in [5, 5.41) is 10.1. The third-order valence-corrected chi connectivity index (χ3v) is 4.66. The molecule has 1 fully saturated rings. The van der Waals surface area contributed by atoms with Crippen molar-refractivity contribution in [1.82, 2.24) is 4.98 Å². The average Bonchev–Trinajstić information content (AvgIpc) is 2.73. The van der Waals surface area contributed by atoms with Gasteiger partial charge < -0.3 is 14.0 Å². The summed E-state index contributed by atoms with van der Waals surface area (Å²) in [6, 6.07) is 7.61. The van der Waals surface area contributed by atoms with Gasteiger partial charge in [-0.15, -0.1) is 0 Å². The second kappa shape index (κ2) is 5.22. The zero-order chi connectivity index (χ0) is 16.8. The van der Waals surface area contributed by atoms with E-state index in [0.29, 0.717) is 11.3 Å². The van der Waals surface area contributed by atoms with E-state index in [-0.39, 0.29) is 0 Å². The van der Waals surface area contributed by atoms with Crippen LogP contribution in [0.4, 0.5) is 0 Å². The molecule has 0 unspecified atom stereocenters. The summed E-state index contributed by atoms with van der Waals surface area (Å²) >= 11 is 0. The van der Waals surface area contributed by atoms with Crippen LogP contribution in [0.25, 0.3) is 10.9 Å². The Morgan fingerprint density at radius 1 is 1.13 bits per heavy atom. The Kier molecular flexibility index (Phi) is 3.59. The van der Waals surface area contributed by atoms with Crippen molar-refractivity contribution in [3.8, 4) is 11.8 Å². The van der Waals surface area contributed by atoms with Crippen LogP contribution in [0.15, 0.2) is 24.4 Å². The van der Waals surface area contributed by atoms with Gasteiger partial charge in [0.05, 0.1) is 41.7 Å². The predicted molar refractivity (Wildman–Crippen MR) is 88.7 cm³/mol. The highest BCUT2D eigenvalue weighted by molar-refractivity contribution is 6.65. The lowest BCUT2D eigenvalue weighted by atomic mass is 9.77. The first kappa shape index (κ1) is 15.8. The van der Waals surface area contributed by atoms with E-state index < -0.39 is 18.3 Å². The molecule has 0 spiro atoms. The molecule has 6 heteroatoms. The minimum atomic E-state index is -0.559. The monoisotopic (exact) mass is 310 g/mol. The molecular formula is C17H19BN2O3. The van der Waals surface area contributed by atoms with Gasteiger partial charge in [0.2, 0.25) is 0 Å². The molecule has 0 amide bonds. The van der Waals surface area contributed by atoms with Gasteiger partial charge in [-0.25, -0.2) is 0 Å². The number of pyridine rings is 1. The highest BCUT2D eigenvalue weighted by Crippen LogP contribution is 2.37. The van der Waals surface area contributed by atoms with Crippen LogP contribution in [0.2, 0.25) is 0 Å². The number of hydrogen-bond donors (Lipinski definition) is 0. The number of aromatic nitrogens is 1. The third-order valence-electron chi connectivity index (χ3n) is 4.66. The highest BCUT2D eigenvalue weighted by atomic mass is 16.7. The summed E-state index contributed by atoms with van der Waals surface area (Å²) < 4.78 is 17.4. The molecule has 1 aromatic heterocycles. The van der Waals surface area contributed by atoms with Crippen LogP contribution in [0, 0.1) is 11.3 Å². The topological polar surface area (TPSA) is 64.4 Å². The molecule has 0 bridgehead atoms. The maximum absolute atomic E-state index is 9.31. The maximum atomic E-state index is 9.31. The zero-order valence-electron chi connectivity index (χ0n) is 14.0. The van der Waals surface area contributed by atoms with Crippen molar-refractivity contribution in [3.63, 3.8) is 0 Å². The molecule has 1 aromatic carbocycles. The molecule has 23 heavy (non-hydrogen) atoms. The van der Waals surface area contributed by atoms with E-state index in [2.05, 4.69) is 11.1 Å². The predicted octanol–water partition coefficient (Wildman–Crippen LogP) is 2.41. The largest absolute Gasteiger partial charge is 0.497 e. The molecule has 1 aliphatic heterocycles. The van der Waals surface area contributed by atoms with Gasteiger partial charge >= 0.3 is 7.12 Å². The normalized spacial score (nSPS) is 18.9. The number of nitrogens with zero attached hydrogens (tertiary/aromatic N) is 2. The zero-order valence-corrected chi connectivity index (χ0v) is 14.0. The number of rotatable bonds is 2. The summed E-state index contributed by atoms with van der Waals surface area (Å²) in [5.74, 6) is 0.646. The Morgan fingerprint density at radius 2 is 1.78 bits per heavy atom. The van der Waals surface area contributed by atoms with Crippen LogP contribution in [0.3, 0.4) is 0 Å². The van der Waals surface area contributed by atoms with Crippen LogP contribution >= 0.6 is 0 Å². The second-order valence-corrected chi connectivity index (χ2v) is 6.71. The summed E-state index contributed by atoms with van der Waals surface area (Å²) in [5.41, 5.74) is 1.17.